The van der Waals surface area contributed by atoms with Crippen LogP contribution in [0.25, 0.3) is 0 Å². The van der Waals surface area contributed by atoms with Gasteiger partial charge in [-0.1, -0.05) is 21.6 Å². The molecule has 1 fully saturated rings. The van der Waals surface area contributed by atoms with E-state index in [1.165, 1.54) is 0 Å². The molecule has 270 valence electrons. The van der Waals surface area contributed by atoms with Crippen molar-refractivity contribution in [2.75, 3.05) is 31.1 Å². The number of carboxylic acid groups (broad SMARTS) is 4. The number of urea groups is 1. The Kier molecular flexibility index (Phi) is 21.3. The van der Waals surface area contributed by atoms with Crippen LogP contribution in [0, 0.1) is 0 Å². The van der Waals surface area contributed by atoms with E-state index in [9.17, 15) is 47.9 Å². The zero-order valence-corrected chi connectivity index (χ0v) is 26.9. The van der Waals surface area contributed by atoms with Crippen LogP contribution < -0.4 is 43.4 Å². The second kappa shape index (κ2) is 23.6. The number of hydrogen-bond donors (Lipinski definition) is 12. The van der Waals surface area contributed by atoms with Crippen LogP contribution >= 0.6 is 21.6 Å². The fourth-order valence-electron chi connectivity index (χ4n) is 3.05. The quantitative estimate of drug-likeness (QED) is 0.0390. The van der Waals surface area contributed by atoms with E-state index in [1.807, 2.05) is 0 Å². The highest BCUT2D eigenvalue weighted by molar-refractivity contribution is 8.76. The van der Waals surface area contributed by atoms with Gasteiger partial charge in [0.15, 0.2) is 0 Å². The van der Waals surface area contributed by atoms with E-state index in [0.29, 0.717) is 13.0 Å². The summed E-state index contributed by atoms with van der Waals surface area (Å²) in [6, 6.07) is -5.54. The van der Waals surface area contributed by atoms with Gasteiger partial charge in [0.05, 0.1) is 0 Å². The van der Waals surface area contributed by atoms with Gasteiger partial charge in [-0.15, -0.1) is 0 Å². The van der Waals surface area contributed by atoms with Gasteiger partial charge < -0.3 is 58.5 Å². The number of nitrogens with one attached hydrogen (secondary N) is 6. The van der Waals surface area contributed by atoms with Crippen molar-refractivity contribution in [1.82, 2.24) is 31.9 Å². The molecular formula is C24H38N8O14S2. The van der Waals surface area contributed by atoms with Crippen molar-refractivity contribution in [3.8, 4) is 0 Å². The summed E-state index contributed by atoms with van der Waals surface area (Å²) < 4.78 is 0. The molecular weight excluding hydrogens is 688 g/mol. The van der Waals surface area contributed by atoms with Crippen LogP contribution in [-0.4, -0.2) is 135 Å². The minimum atomic E-state index is -1.34. The van der Waals surface area contributed by atoms with Gasteiger partial charge in [-0.05, 0) is 12.8 Å². The molecule has 0 radical (unpaired) electrons. The summed E-state index contributed by atoms with van der Waals surface area (Å²) in [7, 11) is 1.89. The number of carboxylic acids is 4. The Hall–Kier alpha value is -4.68. The topological polar surface area (TPSA) is 376 Å². The van der Waals surface area contributed by atoms with Crippen LogP contribution in [-0.2, 0) is 43.2 Å². The maximum Gasteiger partial charge on any atom is 0.322 e. The Morgan fingerprint density at radius 2 is 1.10 bits per heavy atom. The molecule has 24 heteroatoms. The fraction of sp³-hybridized carbons (Fsp3) is 0.583. The zero-order chi connectivity index (χ0) is 36.8. The Morgan fingerprint density at radius 1 is 0.708 bits per heavy atom. The fourth-order valence-corrected chi connectivity index (χ4v) is 5.37. The lowest BCUT2D eigenvalue weighted by Gasteiger charge is -2.20. The summed E-state index contributed by atoms with van der Waals surface area (Å²) in [6.45, 7) is -1.02. The van der Waals surface area contributed by atoms with E-state index in [0.717, 1.165) is 21.6 Å². The average molecular weight is 727 g/mol. The molecule has 0 aromatic carbocycles. The number of carbonyl (C=O) groups is 10. The largest absolute Gasteiger partial charge is 0.480 e. The van der Waals surface area contributed by atoms with E-state index < -0.39 is 84.8 Å². The molecule has 0 aromatic rings. The summed E-state index contributed by atoms with van der Waals surface area (Å²) >= 11 is 0. The number of imide groups is 1. The first kappa shape index (κ1) is 43.3. The monoisotopic (exact) mass is 726 g/mol. The van der Waals surface area contributed by atoms with E-state index in [1.54, 1.807) is 0 Å². The molecule has 0 aliphatic carbocycles. The second-order valence-electron chi connectivity index (χ2n) is 9.55. The van der Waals surface area contributed by atoms with Gasteiger partial charge in [0.1, 0.15) is 37.3 Å². The summed E-state index contributed by atoms with van der Waals surface area (Å²) in [5, 5.41) is 48.6. The van der Waals surface area contributed by atoms with E-state index >= 15 is 0 Å². The first-order valence-electron chi connectivity index (χ1n) is 13.8. The number of amides is 7. The van der Waals surface area contributed by atoms with Crippen LogP contribution in [0.4, 0.5) is 4.79 Å². The van der Waals surface area contributed by atoms with Crippen molar-refractivity contribution in [3.05, 3.63) is 0 Å². The van der Waals surface area contributed by atoms with Crippen LogP contribution in [0.1, 0.15) is 32.1 Å². The number of rotatable bonds is 21. The molecule has 14 N–H and O–H groups in total. The highest BCUT2D eigenvalue weighted by Gasteiger charge is 2.25. The van der Waals surface area contributed by atoms with Crippen molar-refractivity contribution in [3.63, 3.8) is 0 Å². The van der Waals surface area contributed by atoms with Gasteiger partial charge in [0, 0.05) is 37.3 Å². The van der Waals surface area contributed by atoms with Gasteiger partial charge in [0.25, 0.3) is 0 Å². The third-order valence-corrected chi connectivity index (χ3v) is 8.00. The van der Waals surface area contributed by atoms with Crippen molar-refractivity contribution in [2.24, 2.45) is 11.5 Å². The van der Waals surface area contributed by atoms with E-state index in [-0.39, 0.29) is 49.1 Å². The number of carbonyl (C=O) groups excluding carboxylic acids is 6. The molecule has 22 nitrogen and oxygen atoms in total. The molecule has 4 unspecified atom stereocenters. The SMILES string of the molecule is NC(CCC(=O)NC(CSSCC(NC(=O)CCC(N)C(=O)O)C(=O)NCC(=O)O)C(=O)NCC(=O)O)C(=O)O.O=C1CCNC(=O)N1. The summed E-state index contributed by atoms with van der Waals surface area (Å²) in [5.74, 6) is -9.01. The van der Waals surface area contributed by atoms with Crippen LogP contribution in [0.15, 0.2) is 0 Å². The lowest BCUT2D eigenvalue weighted by Crippen LogP contribution is -2.50. The maximum absolute atomic E-state index is 12.4. The molecule has 48 heavy (non-hydrogen) atoms. The number of nitrogens with two attached hydrogens (primary N) is 2. The van der Waals surface area contributed by atoms with E-state index in [4.69, 9.17) is 31.9 Å². The van der Waals surface area contributed by atoms with Gasteiger partial charge in [-0.2, -0.15) is 0 Å². The minimum absolute atomic E-state index is 0.155. The Labute approximate surface area is 280 Å². The second-order valence-corrected chi connectivity index (χ2v) is 12.1. The van der Waals surface area contributed by atoms with Gasteiger partial charge in [-0.3, -0.25) is 48.5 Å². The normalized spacial score (nSPS) is 14.5. The molecule has 0 aromatic heterocycles. The molecule has 1 heterocycles. The molecule has 0 bridgehead atoms. The lowest BCUT2D eigenvalue weighted by molar-refractivity contribution is -0.140. The lowest BCUT2D eigenvalue weighted by atomic mass is 10.1. The third kappa shape index (κ3) is 21.2. The number of hydrogen-bond acceptors (Lipinski definition) is 14. The maximum atomic E-state index is 12.4. The van der Waals surface area contributed by atoms with Crippen molar-refractivity contribution >= 4 is 81.0 Å². The molecule has 1 saturated heterocycles. The molecule has 1 aliphatic rings. The zero-order valence-electron chi connectivity index (χ0n) is 25.2. The molecule has 4 atom stereocenters. The van der Waals surface area contributed by atoms with Crippen molar-refractivity contribution in [2.45, 2.75) is 56.3 Å². The highest BCUT2D eigenvalue weighted by atomic mass is 33.1. The van der Waals surface area contributed by atoms with Gasteiger partial charge in [-0.25, -0.2) is 4.79 Å². The summed E-state index contributed by atoms with van der Waals surface area (Å²) in [6.07, 6.45) is -0.728. The molecule has 1 aliphatic heterocycles. The Balaban J connectivity index is 0.00000239. The standard InChI is InChI=1S/C20H32N6O12S2.C4H6N2O2/c21-9(19(35)36)1-3-13(27)25-11(17(33)23-5-15(29)30)7-39-40-8-12(18(34)24-6-16(31)32)26-14(28)4-2-10(22)20(37)38;7-3-1-2-5-4(8)6-3/h9-12H,1-8,21-22H2,(H,23,33)(H,24,34)(H,25,27)(H,26,28)(H,29,30)(H,31,32)(H,35,36)(H,37,38);1-2H2,(H2,5,6,7,8). The first-order valence-corrected chi connectivity index (χ1v) is 16.3. The Bertz CT molecular complexity index is 1120. The van der Waals surface area contributed by atoms with Crippen LogP contribution in [0.5, 0.6) is 0 Å². The van der Waals surface area contributed by atoms with Crippen LogP contribution in [0.3, 0.4) is 0 Å². The predicted octanol–water partition coefficient (Wildman–Crippen LogP) is -4.66. The predicted molar refractivity (Wildman–Crippen MR) is 166 cm³/mol. The van der Waals surface area contributed by atoms with Crippen LogP contribution in [0.2, 0.25) is 0 Å². The highest BCUT2D eigenvalue weighted by Crippen LogP contribution is 2.23. The van der Waals surface area contributed by atoms with Crippen molar-refractivity contribution in [1.29, 1.82) is 0 Å². The molecule has 7 amide bonds. The smallest absolute Gasteiger partial charge is 0.322 e. The average Bonchev–Trinajstić information content (AvgIpc) is 3.00. The summed E-state index contributed by atoms with van der Waals surface area (Å²) in [4.78, 5) is 113. The minimum Gasteiger partial charge on any atom is -0.480 e. The van der Waals surface area contributed by atoms with Crippen molar-refractivity contribution < 1.29 is 68.4 Å². The summed E-state index contributed by atoms with van der Waals surface area (Å²) in [5.41, 5.74) is 10.7. The van der Waals surface area contributed by atoms with Gasteiger partial charge >= 0.3 is 29.9 Å². The first-order chi connectivity index (χ1) is 22.4. The van der Waals surface area contributed by atoms with E-state index in [2.05, 4.69) is 31.9 Å². The number of aliphatic carboxylic acids is 4. The molecule has 1 rings (SSSR count). The molecule has 0 spiro atoms. The Morgan fingerprint density at radius 3 is 1.40 bits per heavy atom. The van der Waals surface area contributed by atoms with Gasteiger partial charge in [0.2, 0.25) is 29.5 Å². The third-order valence-electron chi connectivity index (χ3n) is 5.57. The molecule has 0 saturated carbocycles.